The molecule has 25 heavy (non-hydrogen) atoms. The molecule has 0 bridgehead atoms. The van der Waals surface area contributed by atoms with Crippen LogP contribution in [0.5, 0.6) is 0 Å². The second kappa shape index (κ2) is 7.35. The molecule has 0 saturated heterocycles. The standard InChI is InChI=1S/C14H7N5O5.Na/c15-7-10(8-3-1-2-4-11(8)18(20)21)9-5-6-12(19(22)23)14-13(9)16-24-17-14;/h1-6,10H;. The molecule has 1 radical (unpaired) electrons. The fourth-order valence-electron chi connectivity index (χ4n) is 2.46. The van der Waals surface area contributed by atoms with E-state index in [2.05, 4.69) is 14.9 Å². The molecule has 1 aromatic heterocycles. The average Bonchev–Trinajstić information content (AvgIpc) is 3.05. The second-order valence-corrected chi connectivity index (χ2v) is 4.77. The van der Waals surface area contributed by atoms with E-state index in [-0.39, 0.29) is 63.1 Å². The summed E-state index contributed by atoms with van der Waals surface area (Å²) < 4.78 is 4.56. The van der Waals surface area contributed by atoms with Crippen molar-refractivity contribution in [2.24, 2.45) is 0 Å². The van der Waals surface area contributed by atoms with E-state index >= 15 is 0 Å². The topological polar surface area (TPSA) is 149 Å². The zero-order valence-corrected chi connectivity index (χ0v) is 14.8. The second-order valence-electron chi connectivity index (χ2n) is 4.77. The molecule has 0 N–H and O–H groups in total. The maximum absolute atomic E-state index is 11.2. The van der Waals surface area contributed by atoms with Crippen LogP contribution in [0.2, 0.25) is 0 Å². The normalized spacial score (nSPS) is 11.3. The van der Waals surface area contributed by atoms with Gasteiger partial charge in [0.15, 0.2) is 0 Å². The maximum Gasteiger partial charge on any atom is 0.300 e. The van der Waals surface area contributed by atoms with E-state index < -0.39 is 15.8 Å². The summed E-state index contributed by atoms with van der Waals surface area (Å²) in [5, 5.41) is 38.9. The van der Waals surface area contributed by atoms with Crippen LogP contribution in [-0.2, 0) is 0 Å². The van der Waals surface area contributed by atoms with Gasteiger partial charge in [0.1, 0.15) is 11.4 Å². The number of nitrogens with zero attached hydrogens (tertiary/aromatic N) is 5. The number of nitriles is 1. The van der Waals surface area contributed by atoms with E-state index in [1.807, 2.05) is 6.07 Å². The van der Waals surface area contributed by atoms with Crippen LogP contribution < -0.4 is 0 Å². The van der Waals surface area contributed by atoms with Crippen LogP contribution in [-0.4, -0.2) is 49.7 Å². The minimum atomic E-state index is -1.05. The van der Waals surface area contributed by atoms with Crippen LogP contribution in [0.3, 0.4) is 0 Å². The summed E-state index contributed by atoms with van der Waals surface area (Å²) in [6, 6.07) is 10.3. The molecule has 0 amide bonds. The fourth-order valence-corrected chi connectivity index (χ4v) is 2.46. The Kier molecular flexibility index (Phi) is 5.43. The number of hydrogen-bond donors (Lipinski definition) is 0. The number of nitro groups is 2. The van der Waals surface area contributed by atoms with Gasteiger partial charge in [0.2, 0.25) is 5.52 Å². The smallest absolute Gasteiger partial charge is 0.258 e. The van der Waals surface area contributed by atoms with Crippen molar-refractivity contribution >= 4 is 52.0 Å². The SMILES string of the molecule is N#CC(c1ccccc1[N+](=O)[O-])c1ccc([N+](=O)[O-])c2nonc12.[Na]. The van der Waals surface area contributed by atoms with Crippen molar-refractivity contribution < 1.29 is 14.5 Å². The first-order valence-corrected chi connectivity index (χ1v) is 6.57. The van der Waals surface area contributed by atoms with Gasteiger partial charge in [0.25, 0.3) is 5.69 Å². The van der Waals surface area contributed by atoms with Crippen molar-refractivity contribution in [3.05, 3.63) is 67.8 Å². The van der Waals surface area contributed by atoms with Crippen molar-refractivity contribution in [2.75, 3.05) is 0 Å². The molecule has 0 aliphatic heterocycles. The number of fused-ring (bicyclic) bond motifs is 1. The third-order valence-electron chi connectivity index (χ3n) is 3.51. The van der Waals surface area contributed by atoms with Gasteiger partial charge in [-0.25, -0.2) is 4.63 Å². The Hall–Kier alpha value is -2.87. The number of benzene rings is 2. The predicted octanol–water partition coefficient (Wildman–Crippen LogP) is 2.31. The van der Waals surface area contributed by atoms with Crippen LogP contribution >= 0.6 is 0 Å². The van der Waals surface area contributed by atoms with Crippen molar-refractivity contribution in [1.82, 2.24) is 10.3 Å². The van der Waals surface area contributed by atoms with Gasteiger partial charge in [-0.15, -0.1) is 0 Å². The van der Waals surface area contributed by atoms with E-state index in [1.54, 1.807) is 6.07 Å². The third-order valence-corrected chi connectivity index (χ3v) is 3.51. The van der Waals surface area contributed by atoms with Crippen LogP contribution in [0.15, 0.2) is 41.0 Å². The van der Waals surface area contributed by atoms with Gasteiger partial charge in [-0.1, -0.05) is 18.2 Å². The molecule has 10 nitrogen and oxygen atoms in total. The molecule has 0 aliphatic carbocycles. The molecule has 1 heterocycles. The first-order valence-electron chi connectivity index (χ1n) is 6.57. The average molecular weight is 348 g/mol. The quantitative estimate of drug-likeness (QED) is 0.396. The van der Waals surface area contributed by atoms with Gasteiger partial charge in [-0.2, -0.15) is 5.26 Å². The molecule has 3 aromatic rings. The summed E-state index contributed by atoms with van der Waals surface area (Å²) in [5.74, 6) is -1.05. The van der Waals surface area contributed by atoms with Crippen LogP contribution in [0, 0.1) is 31.6 Å². The molecule has 11 heteroatoms. The summed E-state index contributed by atoms with van der Waals surface area (Å²) in [5.41, 5.74) is -0.247. The molecule has 3 rings (SSSR count). The Morgan fingerprint density at radius 3 is 2.24 bits per heavy atom. The molecular formula is C14H7N5NaO5. The summed E-state index contributed by atoms with van der Waals surface area (Å²) in [4.78, 5) is 21.0. The Balaban J connectivity index is 0.00000225. The van der Waals surface area contributed by atoms with E-state index in [0.29, 0.717) is 0 Å². The summed E-state index contributed by atoms with van der Waals surface area (Å²) in [6.07, 6.45) is 0. The van der Waals surface area contributed by atoms with Gasteiger partial charge in [0.05, 0.1) is 21.5 Å². The van der Waals surface area contributed by atoms with Crippen molar-refractivity contribution in [1.29, 1.82) is 5.26 Å². The first-order chi connectivity index (χ1) is 11.5. The predicted molar refractivity (Wildman–Crippen MR) is 84.8 cm³/mol. The van der Waals surface area contributed by atoms with Crippen LogP contribution in [0.25, 0.3) is 11.0 Å². The van der Waals surface area contributed by atoms with Gasteiger partial charge in [-0.3, -0.25) is 20.2 Å². The zero-order chi connectivity index (χ0) is 17.3. The Labute approximate surface area is 161 Å². The molecule has 1 atom stereocenters. The minimum absolute atomic E-state index is 0. The molecule has 119 valence electrons. The number of nitro benzene ring substituents is 2. The molecule has 1 unspecified atom stereocenters. The number of hydrogen-bond acceptors (Lipinski definition) is 8. The zero-order valence-electron chi connectivity index (χ0n) is 12.8. The van der Waals surface area contributed by atoms with E-state index in [9.17, 15) is 25.5 Å². The van der Waals surface area contributed by atoms with Gasteiger partial charge < -0.3 is 0 Å². The van der Waals surface area contributed by atoms with Crippen LogP contribution in [0.4, 0.5) is 11.4 Å². The molecule has 0 fully saturated rings. The van der Waals surface area contributed by atoms with E-state index in [0.717, 1.165) is 0 Å². The van der Waals surface area contributed by atoms with Gasteiger partial charge in [0, 0.05) is 47.3 Å². The summed E-state index contributed by atoms with van der Waals surface area (Å²) >= 11 is 0. The minimum Gasteiger partial charge on any atom is -0.258 e. The number of para-hydroxylation sites is 1. The summed E-state index contributed by atoms with van der Waals surface area (Å²) in [7, 11) is 0. The fraction of sp³-hybridized carbons (Fsp3) is 0.0714. The molecular weight excluding hydrogens is 341 g/mol. The molecule has 0 aliphatic rings. The van der Waals surface area contributed by atoms with Gasteiger partial charge >= 0.3 is 5.69 Å². The summed E-state index contributed by atoms with van der Waals surface area (Å²) in [6.45, 7) is 0. The Morgan fingerprint density at radius 2 is 1.60 bits per heavy atom. The molecule has 0 spiro atoms. The Bertz CT molecular complexity index is 1010. The number of rotatable bonds is 4. The van der Waals surface area contributed by atoms with Crippen molar-refractivity contribution in [3.63, 3.8) is 0 Å². The van der Waals surface area contributed by atoms with E-state index in [4.69, 9.17) is 0 Å². The molecule has 0 saturated carbocycles. The molecule has 2 aromatic carbocycles. The third kappa shape index (κ3) is 3.20. The van der Waals surface area contributed by atoms with E-state index in [1.165, 1.54) is 30.3 Å². The number of non-ortho nitro benzene ring substituents is 1. The first kappa shape index (κ1) is 18.5. The largest absolute Gasteiger partial charge is 0.300 e. The van der Waals surface area contributed by atoms with Gasteiger partial charge in [-0.05, 0) is 16.4 Å². The van der Waals surface area contributed by atoms with Crippen LogP contribution in [0.1, 0.15) is 17.0 Å². The van der Waals surface area contributed by atoms with Crippen molar-refractivity contribution in [3.8, 4) is 6.07 Å². The number of aromatic nitrogens is 2. The van der Waals surface area contributed by atoms with Crippen molar-refractivity contribution in [2.45, 2.75) is 5.92 Å². The monoisotopic (exact) mass is 348 g/mol. The maximum atomic E-state index is 11.2. The Morgan fingerprint density at radius 1 is 0.960 bits per heavy atom.